The molecule has 0 aliphatic heterocycles. The van der Waals surface area contributed by atoms with Crippen LogP contribution in [-0.2, 0) is 13.8 Å². The number of ether oxygens (including phenoxy) is 1. The number of hydrogen-bond acceptors (Lipinski definition) is 3. The van der Waals surface area contributed by atoms with Crippen molar-refractivity contribution in [1.82, 2.24) is 0 Å². The van der Waals surface area contributed by atoms with E-state index in [1.807, 2.05) is 0 Å². The van der Waals surface area contributed by atoms with Gasteiger partial charge < -0.3 is 4.74 Å². The van der Waals surface area contributed by atoms with Crippen molar-refractivity contribution in [2.24, 2.45) is 0 Å². The molecule has 14 heavy (non-hydrogen) atoms. The summed E-state index contributed by atoms with van der Waals surface area (Å²) in [6.45, 7) is -0.492. The minimum Gasteiger partial charge on any atom is -0.381 e. The van der Waals surface area contributed by atoms with Crippen LogP contribution in [0.1, 0.15) is 12.8 Å². The highest BCUT2D eigenvalue weighted by Crippen LogP contribution is 2.18. The Morgan fingerprint density at radius 1 is 1.21 bits per heavy atom. The van der Waals surface area contributed by atoms with E-state index < -0.39 is 28.3 Å². The highest BCUT2D eigenvalue weighted by atomic mass is 35.7. The summed E-state index contributed by atoms with van der Waals surface area (Å²) in [5.41, 5.74) is 0. The van der Waals surface area contributed by atoms with Crippen LogP contribution in [0.4, 0.5) is 13.2 Å². The maximum absolute atomic E-state index is 11.6. The Balaban J connectivity index is 3.32. The van der Waals surface area contributed by atoms with Crippen LogP contribution in [0, 0.1) is 0 Å². The summed E-state index contributed by atoms with van der Waals surface area (Å²) in [6.07, 6.45) is -5.16. The van der Waals surface area contributed by atoms with E-state index in [4.69, 9.17) is 10.7 Å². The monoisotopic (exact) mass is 254 g/mol. The molecule has 0 aliphatic rings. The lowest BCUT2D eigenvalue weighted by molar-refractivity contribution is -0.145. The van der Waals surface area contributed by atoms with Crippen molar-refractivity contribution < 1.29 is 26.3 Å². The van der Waals surface area contributed by atoms with Crippen molar-refractivity contribution in [3.05, 3.63) is 0 Å². The number of rotatable bonds is 6. The smallest absolute Gasteiger partial charge is 0.381 e. The van der Waals surface area contributed by atoms with Gasteiger partial charge in [-0.3, -0.25) is 0 Å². The van der Waals surface area contributed by atoms with Crippen molar-refractivity contribution in [3.63, 3.8) is 0 Å². The summed E-state index contributed by atoms with van der Waals surface area (Å²) >= 11 is 0. The third kappa shape index (κ3) is 12.0. The van der Waals surface area contributed by atoms with Gasteiger partial charge in [0.2, 0.25) is 9.05 Å². The van der Waals surface area contributed by atoms with Crippen molar-refractivity contribution >= 4 is 19.7 Å². The van der Waals surface area contributed by atoms with E-state index in [1.165, 1.54) is 0 Å². The van der Waals surface area contributed by atoms with Gasteiger partial charge in [-0.1, -0.05) is 0 Å². The highest BCUT2D eigenvalue weighted by molar-refractivity contribution is 8.13. The molecule has 0 aromatic carbocycles. The largest absolute Gasteiger partial charge is 0.391 e. The molecule has 0 aromatic heterocycles. The van der Waals surface area contributed by atoms with Crippen LogP contribution >= 0.6 is 10.7 Å². The quantitative estimate of drug-likeness (QED) is 0.537. The molecule has 0 rings (SSSR count). The molecule has 0 bridgehead atoms. The zero-order chi connectivity index (χ0) is 11.2. The van der Waals surface area contributed by atoms with Gasteiger partial charge in [-0.25, -0.2) is 8.42 Å². The second kappa shape index (κ2) is 5.77. The van der Waals surface area contributed by atoms with E-state index in [0.29, 0.717) is 0 Å². The highest BCUT2D eigenvalue weighted by Gasteiger charge is 2.26. The second-order valence-corrected chi connectivity index (χ2v) is 5.47. The van der Waals surface area contributed by atoms with E-state index in [1.54, 1.807) is 0 Å². The summed E-state index contributed by atoms with van der Waals surface area (Å²) in [5, 5.41) is 0. The Labute approximate surface area is 84.6 Å². The van der Waals surface area contributed by atoms with Gasteiger partial charge in [-0.05, 0) is 6.42 Å². The molecule has 3 nitrogen and oxygen atoms in total. The fraction of sp³-hybridized carbons (Fsp3) is 1.00. The molecular weight excluding hydrogens is 245 g/mol. The molecular formula is C6H10ClF3O3S. The molecule has 0 saturated heterocycles. The molecule has 0 aromatic rings. The van der Waals surface area contributed by atoms with Gasteiger partial charge in [-0.15, -0.1) is 0 Å². The average molecular weight is 255 g/mol. The van der Waals surface area contributed by atoms with Gasteiger partial charge in [0.05, 0.1) is 18.8 Å². The zero-order valence-electron chi connectivity index (χ0n) is 7.18. The number of hydrogen-bond donors (Lipinski definition) is 0. The van der Waals surface area contributed by atoms with Crippen LogP contribution in [-0.4, -0.2) is 33.6 Å². The molecule has 0 fully saturated rings. The van der Waals surface area contributed by atoms with Crippen LogP contribution in [0.3, 0.4) is 0 Å². The molecule has 0 aliphatic carbocycles. The maximum atomic E-state index is 11.6. The van der Waals surface area contributed by atoms with Gasteiger partial charge in [0.15, 0.2) is 0 Å². The minimum absolute atomic E-state index is 0.0397. The van der Waals surface area contributed by atoms with Gasteiger partial charge in [0.1, 0.15) is 0 Å². The Bertz CT molecular complexity index is 250. The Hall–Kier alpha value is -0.0100. The lowest BCUT2D eigenvalue weighted by atomic mass is 10.4. The molecule has 0 heterocycles. The van der Waals surface area contributed by atoms with Crippen LogP contribution < -0.4 is 0 Å². The molecule has 0 radical (unpaired) electrons. The summed E-state index contributed by atoms with van der Waals surface area (Å²) in [6, 6.07) is 0. The molecule has 0 atom stereocenters. The molecule has 86 valence electrons. The van der Waals surface area contributed by atoms with Crippen LogP contribution in [0.5, 0.6) is 0 Å². The first-order chi connectivity index (χ1) is 6.21. The fourth-order valence-corrected chi connectivity index (χ4v) is 1.41. The first-order valence-electron chi connectivity index (χ1n) is 3.77. The summed E-state index contributed by atoms with van der Waals surface area (Å²) < 4.78 is 59.9. The SMILES string of the molecule is O=S(=O)(Cl)CCCOCCC(F)(F)F. The zero-order valence-corrected chi connectivity index (χ0v) is 8.75. The summed E-state index contributed by atoms with van der Waals surface area (Å²) in [5.74, 6) is -0.291. The average Bonchev–Trinajstić information content (AvgIpc) is 1.92. The maximum Gasteiger partial charge on any atom is 0.391 e. The van der Waals surface area contributed by atoms with E-state index in [-0.39, 0.29) is 18.8 Å². The van der Waals surface area contributed by atoms with Crippen molar-refractivity contribution in [3.8, 4) is 0 Å². The van der Waals surface area contributed by atoms with E-state index >= 15 is 0 Å². The van der Waals surface area contributed by atoms with Gasteiger partial charge >= 0.3 is 6.18 Å². The van der Waals surface area contributed by atoms with Crippen molar-refractivity contribution in [2.75, 3.05) is 19.0 Å². The standard InChI is InChI=1S/C6H10ClF3O3S/c7-14(11,12)5-1-3-13-4-2-6(8,9)10/h1-5H2. The minimum atomic E-state index is -4.24. The predicted octanol–water partition coefficient (Wildman–Crippen LogP) is 1.91. The molecule has 0 N–H and O–H groups in total. The van der Waals surface area contributed by atoms with Gasteiger partial charge in [-0.2, -0.15) is 13.2 Å². The number of alkyl halides is 3. The topological polar surface area (TPSA) is 43.4 Å². The third-order valence-corrected chi connectivity index (χ3v) is 2.45. The lowest BCUT2D eigenvalue weighted by Gasteiger charge is -2.06. The van der Waals surface area contributed by atoms with Crippen LogP contribution in [0.2, 0.25) is 0 Å². The first-order valence-corrected chi connectivity index (χ1v) is 6.25. The molecule has 0 spiro atoms. The predicted molar refractivity (Wildman–Crippen MR) is 45.7 cm³/mol. The summed E-state index contributed by atoms with van der Waals surface area (Å²) in [7, 11) is 1.29. The molecule has 0 unspecified atom stereocenters. The molecule has 8 heteroatoms. The van der Waals surface area contributed by atoms with E-state index in [0.717, 1.165) is 0 Å². The first kappa shape index (κ1) is 14.0. The van der Waals surface area contributed by atoms with Crippen molar-refractivity contribution in [1.29, 1.82) is 0 Å². The second-order valence-electron chi connectivity index (χ2n) is 2.57. The Kier molecular flexibility index (Phi) is 5.77. The lowest BCUT2D eigenvalue weighted by Crippen LogP contribution is -2.12. The number of halogens is 4. The van der Waals surface area contributed by atoms with Crippen LogP contribution in [0.15, 0.2) is 0 Å². The fourth-order valence-electron chi connectivity index (χ4n) is 0.623. The van der Waals surface area contributed by atoms with E-state index in [9.17, 15) is 21.6 Å². The van der Waals surface area contributed by atoms with Gasteiger partial charge in [0, 0.05) is 17.3 Å². The Morgan fingerprint density at radius 3 is 2.21 bits per heavy atom. The van der Waals surface area contributed by atoms with Crippen LogP contribution in [0.25, 0.3) is 0 Å². The van der Waals surface area contributed by atoms with Gasteiger partial charge in [0.25, 0.3) is 0 Å². The molecule has 0 saturated carbocycles. The molecule has 0 amide bonds. The summed E-state index contributed by atoms with van der Waals surface area (Å²) in [4.78, 5) is 0. The van der Waals surface area contributed by atoms with E-state index in [2.05, 4.69) is 4.74 Å². The normalized spacial score (nSPS) is 13.1. The van der Waals surface area contributed by atoms with Crippen molar-refractivity contribution in [2.45, 2.75) is 19.0 Å². The third-order valence-electron chi connectivity index (χ3n) is 1.21. The Morgan fingerprint density at radius 2 is 1.79 bits per heavy atom.